The molecular formula is C24H29N3O5S. The topological polar surface area (TPSA) is 96.0 Å². The molecule has 1 N–H and O–H groups in total. The van der Waals surface area contributed by atoms with Crippen LogP contribution in [0, 0.1) is 0 Å². The van der Waals surface area contributed by atoms with Gasteiger partial charge in [0.2, 0.25) is 21.8 Å². The summed E-state index contributed by atoms with van der Waals surface area (Å²) in [6.45, 7) is 5.05. The van der Waals surface area contributed by atoms with E-state index in [1.54, 1.807) is 55.2 Å². The van der Waals surface area contributed by atoms with Gasteiger partial charge in [-0.3, -0.25) is 9.59 Å². The second kappa shape index (κ2) is 10.6. The number of nitrogens with zero attached hydrogens (tertiary/aromatic N) is 2. The number of sulfonamides is 1. The number of hydrogen-bond acceptors (Lipinski definition) is 5. The second-order valence-electron chi connectivity index (χ2n) is 7.52. The molecule has 3 rings (SSSR count). The Balaban J connectivity index is 1.67. The Hall–Kier alpha value is -3.17. The first-order valence-corrected chi connectivity index (χ1v) is 12.3. The quantitative estimate of drug-likeness (QED) is 0.565. The van der Waals surface area contributed by atoms with Gasteiger partial charge in [-0.1, -0.05) is 26.0 Å². The smallest absolute Gasteiger partial charge is 0.248 e. The minimum Gasteiger partial charge on any atom is -0.494 e. The lowest BCUT2D eigenvalue weighted by atomic mass is 10.2. The molecule has 1 heterocycles. The summed E-state index contributed by atoms with van der Waals surface area (Å²) >= 11 is 0. The predicted octanol–water partition coefficient (Wildman–Crippen LogP) is 3.50. The predicted molar refractivity (Wildman–Crippen MR) is 129 cm³/mol. The molecule has 0 bridgehead atoms. The zero-order valence-corrected chi connectivity index (χ0v) is 19.9. The van der Waals surface area contributed by atoms with Crippen molar-refractivity contribution in [1.29, 1.82) is 0 Å². The summed E-state index contributed by atoms with van der Waals surface area (Å²) in [7, 11) is -1.99. The van der Waals surface area contributed by atoms with Crippen LogP contribution in [0.2, 0.25) is 0 Å². The van der Waals surface area contributed by atoms with E-state index < -0.39 is 10.0 Å². The van der Waals surface area contributed by atoms with Crippen LogP contribution in [0.3, 0.4) is 0 Å². The standard InChI is InChI=1S/C24H29N3O5S/c1-4-26(5-2)33(30,31)20-12-8-18(9-13-20)10-15-23(28)25-19-11-14-21(22(17-19)32-3)27-16-6-7-24(27)29/h8-15,17H,4-7,16H2,1-3H3,(H,25,28)/b15-10+. The number of nitrogens with one attached hydrogen (secondary N) is 1. The number of rotatable bonds is 9. The van der Waals surface area contributed by atoms with E-state index in [4.69, 9.17) is 4.74 Å². The van der Waals surface area contributed by atoms with Crippen molar-refractivity contribution < 1.29 is 22.7 Å². The molecule has 2 aromatic rings. The highest BCUT2D eigenvalue weighted by atomic mass is 32.2. The van der Waals surface area contributed by atoms with Crippen LogP contribution < -0.4 is 15.0 Å². The summed E-state index contributed by atoms with van der Waals surface area (Å²) in [5, 5.41) is 2.77. The highest BCUT2D eigenvalue weighted by Crippen LogP contribution is 2.33. The van der Waals surface area contributed by atoms with Crippen LogP contribution >= 0.6 is 0 Å². The summed E-state index contributed by atoms with van der Waals surface area (Å²) in [5.74, 6) is 0.225. The van der Waals surface area contributed by atoms with Gasteiger partial charge in [0.1, 0.15) is 5.75 Å². The van der Waals surface area contributed by atoms with Gasteiger partial charge >= 0.3 is 0 Å². The first-order valence-electron chi connectivity index (χ1n) is 10.9. The number of benzene rings is 2. The van der Waals surface area contributed by atoms with Gasteiger partial charge in [-0.2, -0.15) is 4.31 Å². The molecule has 0 unspecified atom stereocenters. The largest absolute Gasteiger partial charge is 0.494 e. The van der Waals surface area contributed by atoms with Crippen molar-refractivity contribution in [3.8, 4) is 5.75 Å². The number of ether oxygens (including phenoxy) is 1. The summed E-state index contributed by atoms with van der Waals surface area (Å²) in [4.78, 5) is 26.3. The molecule has 0 saturated carbocycles. The van der Waals surface area contributed by atoms with E-state index in [9.17, 15) is 18.0 Å². The Morgan fingerprint density at radius 1 is 1.15 bits per heavy atom. The highest BCUT2D eigenvalue weighted by Gasteiger charge is 2.24. The summed E-state index contributed by atoms with van der Waals surface area (Å²) in [6.07, 6.45) is 4.32. The first-order chi connectivity index (χ1) is 15.8. The number of carbonyl (C=O) groups is 2. The second-order valence-corrected chi connectivity index (χ2v) is 9.45. The van der Waals surface area contributed by atoms with E-state index >= 15 is 0 Å². The molecule has 8 nitrogen and oxygen atoms in total. The Labute approximate surface area is 194 Å². The summed E-state index contributed by atoms with van der Waals surface area (Å²) in [6, 6.07) is 11.6. The molecule has 2 amide bonds. The number of carbonyl (C=O) groups excluding carboxylic acids is 2. The van der Waals surface area contributed by atoms with Crippen LogP contribution in [0.4, 0.5) is 11.4 Å². The van der Waals surface area contributed by atoms with E-state index in [0.29, 0.717) is 48.7 Å². The zero-order chi connectivity index (χ0) is 24.0. The van der Waals surface area contributed by atoms with Gasteiger partial charge in [0.05, 0.1) is 17.7 Å². The van der Waals surface area contributed by atoms with E-state index in [-0.39, 0.29) is 16.7 Å². The molecule has 2 aromatic carbocycles. The monoisotopic (exact) mass is 471 g/mol. The van der Waals surface area contributed by atoms with Gasteiger partial charge in [-0.15, -0.1) is 0 Å². The Morgan fingerprint density at radius 3 is 2.42 bits per heavy atom. The van der Waals surface area contributed by atoms with E-state index in [2.05, 4.69) is 5.32 Å². The molecule has 0 spiro atoms. The number of anilines is 2. The van der Waals surface area contributed by atoms with Gasteiger partial charge in [-0.05, 0) is 42.3 Å². The number of hydrogen-bond donors (Lipinski definition) is 1. The molecule has 0 atom stereocenters. The molecule has 33 heavy (non-hydrogen) atoms. The van der Waals surface area contributed by atoms with Crippen molar-refractivity contribution in [3.63, 3.8) is 0 Å². The third kappa shape index (κ3) is 5.61. The van der Waals surface area contributed by atoms with Crippen LogP contribution in [0.5, 0.6) is 5.75 Å². The maximum absolute atomic E-state index is 12.6. The van der Waals surface area contributed by atoms with Crippen LogP contribution in [-0.2, 0) is 19.6 Å². The van der Waals surface area contributed by atoms with Gasteiger partial charge < -0.3 is 15.0 Å². The van der Waals surface area contributed by atoms with Crippen LogP contribution in [-0.4, -0.2) is 51.3 Å². The first kappa shape index (κ1) is 24.5. The summed E-state index contributed by atoms with van der Waals surface area (Å²) < 4.78 is 31.9. The normalized spacial score (nSPS) is 14.3. The molecule has 0 aliphatic carbocycles. The molecule has 1 saturated heterocycles. The number of amides is 2. The molecule has 0 radical (unpaired) electrons. The van der Waals surface area contributed by atoms with Crippen LogP contribution in [0.15, 0.2) is 53.4 Å². The average molecular weight is 472 g/mol. The minimum atomic E-state index is -3.52. The fourth-order valence-corrected chi connectivity index (χ4v) is 5.16. The molecule has 9 heteroatoms. The van der Waals surface area contributed by atoms with Gasteiger partial charge in [0.25, 0.3) is 0 Å². The van der Waals surface area contributed by atoms with Crippen LogP contribution in [0.25, 0.3) is 6.08 Å². The fourth-order valence-electron chi connectivity index (χ4n) is 3.70. The van der Waals surface area contributed by atoms with Gasteiger partial charge in [-0.25, -0.2) is 8.42 Å². The van der Waals surface area contributed by atoms with E-state index in [0.717, 1.165) is 6.42 Å². The molecule has 0 aromatic heterocycles. The third-order valence-corrected chi connectivity index (χ3v) is 7.53. The summed E-state index contributed by atoms with van der Waals surface area (Å²) in [5.41, 5.74) is 1.93. The fraction of sp³-hybridized carbons (Fsp3) is 0.333. The van der Waals surface area contributed by atoms with Crippen molar-refractivity contribution in [3.05, 3.63) is 54.1 Å². The van der Waals surface area contributed by atoms with E-state index in [1.807, 2.05) is 0 Å². The van der Waals surface area contributed by atoms with Crippen molar-refractivity contribution in [2.45, 2.75) is 31.6 Å². The van der Waals surface area contributed by atoms with Gasteiger partial charge in [0.15, 0.2) is 0 Å². The molecule has 1 fully saturated rings. The number of methoxy groups -OCH3 is 1. The Kier molecular flexibility index (Phi) is 7.88. The van der Waals surface area contributed by atoms with Crippen molar-refractivity contribution in [1.82, 2.24) is 4.31 Å². The highest BCUT2D eigenvalue weighted by molar-refractivity contribution is 7.89. The van der Waals surface area contributed by atoms with E-state index in [1.165, 1.54) is 29.6 Å². The van der Waals surface area contributed by atoms with Crippen LogP contribution in [0.1, 0.15) is 32.3 Å². The lowest BCUT2D eigenvalue weighted by Gasteiger charge is -2.19. The Bertz CT molecular complexity index is 1140. The SMILES string of the molecule is CCN(CC)S(=O)(=O)c1ccc(/C=C/C(=O)Nc2ccc(N3CCCC3=O)c(OC)c2)cc1. The molecular weight excluding hydrogens is 442 g/mol. The molecule has 176 valence electrons. The van der Waals surface area contributed by atoms with Crippen molar-refractivity contribution in [2.75, 3.05) is 37.0 Å². The molecule has 1 aliphatic rings. The van der Waals surface area contributed by atoms with Crippen molar-refractivity contribution in [2.24, 2.45) is 0 Å². The zero-order valence-electron chi connectivity index (χ0n) is 19.1. The maximum Gasteiger partial charge on any atom is 0.248 e. The lowest BCUT2D eigenvalue weighted by molar-refractivity contribution is -0.117. The maximum atomic E-state index is 12.6. The Morgan fingerprint density at radius 2 is 1.85 bits per heavy atom. The average Bonchev–Trinajstić information content (AvgIpc) is 3.24. The third-order valence-electron chi connectivity index (χ3n) is 5.46. The van der Waals surface area contributed by atoms with Crippen molar-refractivity contribution >= 4 is 39.3 Å². The minimum absolute atomic E-state index is 0.0592. The lowest BCUT2D eigenvalue weighted by Crippen LogP contribution is -2.30. The molecule has 1 aliphatic heterocycles. The van der Waals surface area contributed by atoms with Gasteiger partial charge in [0, 0.05) is 43.9 Å².